The van der Waals surface area contributed by atoms with Gasteiger partial charge < -0.3 is 5.73 Å². The van der Waals surface area contributed by atoms with Crippen molar-refractivity contribution < 1.29 is 0 Å². The van der Waals surface area contributed by atoms with Crippen molar-refractivity contribution >= 4 is 11.6 Å². The maximum atomic E-state index is 5.79. The number of hydrogen-bond acceptors (Lipinski definition) is 4. The summed E-state index contributed by atoms with van der Waals surface area (Å²) < 4.78 is 1.58. The van der Waals surface area contributed by atoms with Crippen molar-refractivity contribution in [2.75, 3.05) is 0 Å². The van der Waals surface area contributed by atoms with E-state index in [1.54, 1.807) is 29.3 Å². The first kappa shape index (κ1) is 9.11. The van der Waals surface area contributed by atoms with Crippen LogP contribution in [0.5, 0.6) is 0 Å². The third-order valence-corrected chi connectivity index (χ3v) is 1.91. The molecule has 2 rings (SSSR count). The molecule has 0 aliphatic rings. The molecule has 2 N–H and O–H groups in total. The highest BCUT2D eigenvalue weighted by molar-refractivity contribution is 6.30. The molecule has 2 heterocycles. The predicted octanol–water partition coefficient (Wildman–Crippen LogP) is 0.774. The van der Waals surface area contributed by atoms with Gasteiger partial charge in [0.15, 0.2) is 0 Å². The number of halogens is 1. The molecule has 6 heteroatoms. The standard InChI is InChI=1S/C8H8ClN5/c9-6-1-8(4-11-3-6)14-5-7(2-10)12-13-14/h1,3-5H,2,10H2. The molecular formula is C8H8ClN5. The first-order chi connectivity index (χ1) is 6.79. The maximum Gasteiger partial charge on any atom is 0.0967 e. The van der Waals surface area contributed by atoms with Crippen LogP contribution in [0.15, 0.2) is 24.7 Å². The Kier molecular flexibility index (Phi) is 2.43. The van der Waals surface area contributed by atoms with Crippen molar-refractivity contribution in [3.05, 3.63) is 35.4 Å². The van der Waals surface area contributed by atoms with E-state index in [1.807, 2.05) is 0 Å². The molecule has 0 aliphatic carbocycles. The van der Waals surface area contributed by atoms with Gasteiger partial charge in [0.2, 0.25) is 0 Å². The minimum atomic E-state index is 0.369. The SMILES string of the molecule is NCc1cn(-c2cncc(Cl)c2)nn1. The molecule has 0 saturated carbocycles. The van der Waals surface area contributed by atoms with Crippen LogP contribution in [0.25, 0.3) is 5.69 Å². The highest BCUT2D eigenvalue weighted by Gasteiger charge is 2.01. The summed E-state index contributed by atoms with van der Waals surface area (Å²) in [5.74, 6) is 0. The average Bonchev–Trinajstić information content (AvgIpc) is 2.66. The molecule has 0 amide bonds. The van der Waals surface area contributed by atoms with Crippen LogP contribution in [0.1, 0.15) is 5.69 Å². The molecule has 0 radical (unpaired) electrons. The Morgan fingerprint density at radius 2 is 2.29 bits per heavy atom. The van der Waals surface area contributed by atoms with Crippen LogP contribution in [-0.2, 0) is 6.54 Å². The number of nitrogens with zero attached hydrogens (tertiary/aromatic N) is 4. The molecule has 0 fully saturated rings. The van der Waals surface area contributed by atoms with E-state index >= 15 is 0 Å². The molecule has 0 unspecified atom stereocenters. The average molecular weight is 210 g/mol. The van der Waals surface area contributed by atoms with Gasteiger partial charge in [0, 0.05) is 12.7 Å². The topological polar surface area (TPSA) is 69.6 Å². The molecular weight excluding hydrogens is 202 g/mol. The number of nitrogens with two attached hydrogens (primary N) is 1. The van der Waals surface area contributed by atoms with E-state index in [4.69, 9.17) is 17.3 Å². The second-order valence-corrected chi connectivity index (χ2v) is 3.16. The molecule has 5 nitrogen and oxygen atoms in total. The molecule has 0 spiro atoms. The zero-order valence-electron chi connectivity index (χ0n) is 7.26. The first-order valence-corrected chi connectivity index (χ1v) is 4.39. The quantitative estimate of drug-likeness (QED) is 0.794. The van der Waals surface area contributed by atoms with Crippen LogP contribution < -0.4 is 5.73 Å². The molecule has 0 aliphatic heterocycles. The lowest BCUT2D eigenvalue weighted by molar-refractivity contribution is 0.793. The van der Waals surface area contributed by atoms with Crippen molar-refractivity contribution in [2.45, 2.75) is 6.54 Å². The van der Waals surface area contributed by atoms with E-state index in [2.05, 4.69) is 15.3 Å². The van der Waals surface area contributed by atoms with E-state index in [0.717, 1.165) is 11.4 Å². The third-order valence-electron chi connectivity index (χ3n) is 1.70. The smallest absolute Gasteiger partial charge is 0.0967 e. The molecule has 2 aromatic heterocycles. The lowest BCUT2D eigenvalue weighted by Gasteiger charge is -1.98. The zero-order valence-corrected chi connectivity index (χ0v) is 8.02. The van der Waals surface area contributed by atoms with Crippen molar-refractivity contribution in [3.8, 4) is 5.69 Å². The summed E-state index contributed by atoms with van der Waals surface area (Å²) in [5, 5.41) is 8.31. The largest absolute Gasteiger partial charge is 0.325 e. The van der Waals surface area contributed by atoms with Crippen molar-refractivity contribution in [1.29, 1.82) is 0 Å². The summed E-state index contributed by atoms with van der Waals surface area (Å²) in [4.78, 5) is 3.94. The van der Waals surface area contributed by atoms with Crippen molar-refractivity contribution in [2.24, 2.45) is 5.73 Å². The second-order valence-electron chi connectivity index (χ2n) is 2.72. The van der Waals surface area contributed by atoms with Gasteiger partial charge in [-0.3, -0.25) is 4.98 Å². The normalized spacial score (nSPS) is 10.4. The highest BCUT2D eigenvalue weighted by atomic mass is 35.5. The van der Waals surface area contributed by atoms with Crippen molar-refractivity contribution in [3.63, 3.8) is 0 Å². The van der Waals surface area contributed by atoms with E-state index in [-0.39, 0.29) is 0 Å². The van der Waals surface area contributed by atoms with Gasteiger partial charge in [0.1, 0.15) is 0 Å². The lowest BCUT2D eigenvalue weighted by Crippen LogP contribution is -1.96. The number of rotatable bonds is 2. The minimum absolute atomic E-state index is 0.369. The Labute approximate surface area is 85.5 Å². The van der Waals surface area contributed by atoms with E-state index in [1.165, 1.54) is 0 Å². The Morgan fingerprint density at radius 1 is 1.43 bits per heavy atom. The van der Waals surface area contributed by atoms with Gasteiger partial charge in [0.25, 0.3) is 0 Å². The van der Waals surface area contributed by atoms with Crippen LogP contribution in [0.2, 0.25) is 5.02 Å². The van der Waals surface area contributed by atoms with Crippen LogP contribution in [0.4, 0.5) is 0 Å². The maximum absolute atomic E-state index is 5.79. The fourth-order valence-corrected chi connectivity index (χ4v) is 1.21. The van der Waals surface area contributed by atoms with Crippen LogP contribution in [0.3, 0.4) is 0 Å². The Bertz CT molecular complexity index is 439. The number of hydrogen-bond donors (Lipinski definition) is 1. The molecule has 0 atom stereocenters. The third kappa shape index (κ3) is 1.73. The van der Waals surface area contributed by atoms with Gasteiger partial charge in [-0.05, 0) is 6.07 Å². The second kappa shape index (κ2) is 3.73. The predicted molar refractivity (Wildman–Crippen MR) is 52.1 cm³/mol. The van der Waals surface area contributed by atoms with Crippen LogP contribution in [-0.4, -0.2) is 20.0 Å². The fraction of sp³-hybridized carbons (Fsp3) is 0.125. The molecule has 0 bridgehead atoms. The van der Waals surface area contributed by atoms with Gasteiger partial charge in [-0.15, -0.1) is 5.10 Å². The van der Waals surface area contributed by atoms with Gasteiger partial charge in [-0.25, -0.2) is 4.68 Å². The summed E-state index contributed by atoms with van der Waals surface area (Å²) in [7, 11) is 0. The molecule has 2 aromatic rings. The van der Waals surface area contributed by atoms with E-state index < -0.39 is 0 Å². The fourth-order valence-electron chi connectivity index (χ4n) is 1.04. The van der Waals surface area contributed by atoms with Gasteiger partial charge in [-0.1, -0.05) is 16.8 Å². The van der Waals surface area contributed by atoms with Gasteiger partial charge in [0.05, 0.1) is 28.8 Å². The molecule has 72 valence electrons. The van der Waals surface area contributed by atoms with Crippen molar-refractivity contribution in [1.82, 2.24) is 20.0 Å². The molecule has 0 saturated heterocycles. The Hall–Kier alpha value is -1.46. The summed E-state index contributed by atoms with van der Waals surface area (Å²) >= 11 is 5.79. The first-order valence-electron chi connectivity index (χ1n) is 4.02. The Balaban J connectivity index is 2.39. The van der Waals surface area contributed by atoms with Crippen LogP contribution in [0, 0.1) is 0 Å². The summed E-state index contributed by atoms with van der Waals surface area (Å²) in [6.45, 7) is 0.369. The van der Waals surface area contributed by atoms with Crippen LogP contribution >= 0.6 is 11.6 Å². The molecule has 0 aromatic carbocycles. The summed E-state index contributed by atoms with van der Waals surface area (Å²) in [5.41, 5.74) is 6.91. The zero-order chi connectivity index (χ0) is 9.97. The minimum Gasteiger partial charge on any atom is -0.325 e. The number of pyridine rings is 1. The summed E-state index contributed by atoms with van der Waals surface area (Å²) in [6, 6.07) is 1.75. The van der Waals surface area contributed by atoms with Gasteiger partial charge in [-0.2, -0.15) is 0 Å². The monoisotopic (exact) mass is 209 g/mol. The summed E-state index contributed by atoms with van der Waals surface area (Å²) in [6.07, 6.45) is 4.96. The van der Waals surface area contributed by atoms with Gasteiger partial charge >= 0.3 is 0 Å². The van der Waals surface area contributed by atoms with E-state index in [0.29, 0.717) is 11.6 Å². The highest BCUT2D eigenvalue weighted by Crippen LogP contribution is 2.11. The lowest BCUT2D eigenvalue weighted by atomic mass is 10.4. The van der Waals surface area contributed by atoms with E-state index in [9.17, 15) is 0 Å². The Morgan fingerprint density at radius 3 is 2.93 bits per heavy atom. The molecule has 14 heavy (non-hydrogen) atoms. The number of aromatic nitrogens is 4.